The van der Waals surface area contributed by atoms with Gasteiger partial charge in [-0.2, -0.15) is 4.98 Å². The van der Waals surface area contributed by atoms with Crippen molar-refractivity contribution in [3.63, 3.8) is 0 Å². The molecule has 1 aromatic heterocycles. The Morgan fingerprint density at radius 1 is 1.10 bits per heavy atom. The predicted molar refractivity (Wildman–Crippen MR) is 115 cm³/mol. The van der Waals surface area contributed by atoms with Crippen LogP contribution >= 0.6 is 0 Å². The third-order valence-corrected chi connectivity index (χ3v) is 4.12. The lowest BCUT2D eigenvalue weighted by atomic mass is 9.92. The highest BCUT2D eigenvalue weighted by atomic mass is 19.1. The van der Waals surface area contributed by atoms with Crippen molar-refractivity contribution < 1.29 is 13.9 Å². The van der Waals surface area contributed by atoms with Gasteiger partial charge in [-0.15, -0.1) is 5.10 Å². The minimum Gasteiger partial charge on any atom is -0.460 e. The van der Waals surface area contributed by atoms with Crippen molar-refractivity contribution >= 4 is 11.6 Å². The molecule has 0 saturated heterocycles. The summed E-state index contributed by atoms with van der Waals surface area (Å²) in [6.45, 7) is 9.86. The van der Waals surface area contributed by atoms with Gasteiger partial charge in [0.2, 0.25) is 5.91 Å². The van der Waals surface area contributed by atoms with Crippen molar-refractivity contribution in [2.24, 2.45) is 5.41 Å². The van der Waals surface area contributed by atoms with E-state index in [0.717, 1.165) is 5.69 Å². The molecule has 0 atom stereocenters. The van der Waals surface area contributed by atoms with Crippen LogP contribution in [0, 0.1) is 11.2 Å². The molecule has 0 aliphatic carbocycles. The summed E-state index contributed by atoms with van der Waals surface area (Å²) in [7, 11) is 0. The zero-order valence-electron chi connectivity index (χ0n) is 17.9. The fourth-order valence-electron chi connectivity index (χ4n) is 2.89. The summed E-state index contributed by atoms with van der Waals surface area (Å²) in [5.74, 6) is 0.185. The summed E-state index contributed by atoms with van der Waals surface area (Å²) >= 11 is 0. The van der Waals surface area contributed by atoms with E-state index in [4.69, 9.17) is 4.74 Å². The van der Waals surface area contributed by atoms with Crippen LogP contribution in [0.4, 0.5) is 10.1 Å². The molecule has 1 amide bonds. The maximum Gasteiger partial charge on any atom is 0.336 e. The van der Waals surface area contributed by atoms with Crippen molar-refractivity contribution in [1.82, 2.24) is 14.8 Å². The van der Waals surface area contributed by atoms with Crippen LogP contribution in [0.5, 0.6) is 6.01 Å². The predicted octanol–water partition coefficient (Wildman–Crippen LogP) is 5.24. The number of hydrogen-bond donors (Lipinski definition) is 1. The van der Waals surface area contributed by atoms with E-state index in [1.807, 2.05) is 58.9 Å². The van der Waals surface area contributed by atoms with Gasteiger partial charge in [0.25, 0.3) is 0 Å². The van der Waals surface area contributed by atoms with Crippen LogP contribution in [0.25, 0.3) is 17.1 Å². The van der Waals surface area contributed by atoms with E-state index >= 15 is 0 Å². The Bertz CT molecular complexity index is 1000. The van der Waals surface area contributed by atoms with Gasteiger partial charge in [-0.3, -0.25) is 4.79 Å². The van der Waals surface area contributed by atoms with E-state index in [1.54, 1.807) is 16.8 Å². The minimum absolute atomic E-state index is 0.0318. The fraction of sp³-hybridized carbons (Fsp3) is 0.348. The molecule has 7 heteroatoms. The molecule has 3 aromatic rings. The van der Waals surface area contributed by atoms with Crippen LogP contribution in [-0.2, 0) is 4.79 Å². The standard InChI is InChI=1S/C23H27FN4O2/c1-15(2)30-22-26-21(16-6-8-17(24)9-7-16)28(27-22)19-12-10-18(11-13-19)25-20(29)14-23(3,4)5/h6-13,15H,14H2,1-5H3,(H,25,29). The highest BCUT2D eigenvalue weighted by Crippen LogP contribution is 2.25. The number of aromatic nitrogens is 3. The van der Waals surface area contributed by atoms with Crippen molar-refractivity contribution in [2.45, 2.75) is 47.1 Å². The molecule has 0 spiro atoms. The third kappa shape index (κ3) is 5.65. The number of carbonyl (C=O) groups excluding carboxylic acids is 1. The number of rotatable bonds is 6. The first-order valence-corrected chi connectivity index (χ1v) is 9.91. The van der Waals surface area contributed by atoms with Gasteiger partial charge < -0.3 is 10.1 Å². The molecule has 2 aromatic carbocycles. The SMILES string of the molecule is CC(C)Oc1nc(-c2ccc(F)cc2)n(-c2ccc(NC(=O)CC(C)(C)C)cc2)n1. The number of halogens is 1. The Hall–Kier alpha value is -3.22. The fourth-order valence-corrected chi connectivity index (χ4v) is 2.89. The van der Waals surface area contributed by atoms with Crippen molar-refractivity contribution in [3.8, 4) is 23.1 Å². The monoisotopic (exact) mass is 410 g/mol. The number of nitrogens with zero attached hydrogens (tertiary/aromatic N) is 3. The van der Waals surface area contributed by atoms with Gasteiger partial charge in [0.1, 0.15) is 5.82 Å². The Labute approximate surface area is 176 Å². The summed E-state index contributed by atoms with van der Waals surface area (Å²) in [5.41, 5.74) is 2.08. The molecule has 1 heterocycles. The van der Waals surface area contributed by atoms with Crippen LogP contribution < -0.4 is 10.1 Å². The molecule has 0 saturated carbocycles. The second-order valence-corrected chi connectivity index (χ2v) is 8.64. The summed E-state index contributed by atoms with van der Waals surface area (Å²) in [6, 6.07) is 13.6. The van der Waals surface area contributed by atoms with Crippen molar-refractivity contribution in [2.75, 3.05) is 5.32 Å². The van der Waals surface area contributed by atoms with Crippen LogP contribution in [0.3, 0.4) is 0 Å². The Balaban J connectivity index is 1.89. The van der Waals surface area contributed by atoms with E-state index in [2.05, 4.69) is 15.4 Å². The average Bonchev–Trinajstić information content (AvgIpc) is 3.04. The number of amides is 1. The molecular weight excluding hydrogens is 383 g/mol. The topological polar surface area (TPSA) is 69.0 Å². The molecule has 0 aliphatic heterocycles. The molecule has 0 unspecified atom stereocenters. The molecule has 158 valence electrons. The average molecular weight is 410 g/mol. The van der Waals surface area contributed by atoms with Gasteiger partial charge in [-0.25, -0.2) is 9.07 Å². The van der Waals surface area contributed by atoms with Gasteiger partial charge in [0, 0.05) is 17.7 Å². The van der Waals surface area contributed by atoms with E-state index in [9.17, 15) is 9.18 Å². The van der Waals surface area contributed by atoms with Gasteiger partial charge in [0.05, 0.1) is 11.8 Å². The van der Waals surface area contributed by atoms with E-state index in [1.165, 1.54) is 12.1 Å². The largest absolute Gasteiger partial charge is 0.460 e. The van der Waals surface area contributed by atoms with Gasteiger partial charge in [-0.05, 0) is 67.8 Å². The maximum absolute atomic E-state index is 13.4. The van der Waals surface area contributed by atoms with E-state index in [0.29, 0.717) is 23.5 Å². The highest BCUT2D eigenvalue weighted by Gasteiger charge is 2.17. The Kier molecular flexibility index (Phi) is 6.20. The van der Waals surface area contributed by atoms with Crippen molar-refractivity contribution in [1.29, 1.82) is 0 Å². The summed E-state index contributed by atoms with van der Waals surface area (Å²) in [5, 5.41) is 7.37. The molecular formula is C23H27FN4O2. The number of ether oxygens (including phenoxy) is 1. The maximum atomic E-state index is 13.4. The number of nitrogens with one attached hydrogen (secondary N) is 1. The lowest BCUT2D eigenvalue weighted by molar-refractivity contribution is -0.117. The summed E-state index contributed by atoms with van der Waals surface area (Å²) < 4.78 is 20.6. The lowest BCUT2D eigenvalue weighted by Gasteiger charge is -2.17. The molecule has 0 aliphatic rings. The number of carbonyl (C=O) groups is 1. The number of hydrogen-bond acceptors (Lipinski definition) is 4. The van der Waals surface area contributed by atoms with Crippen LogP contribution in [0.15, 0.2) is 48.5 Å². The normalized spacial score (nSPS) is 11.6. The molecule has 0 radical (unpaired) electrons. The zero-order valence-corrected chi connectivity index (χ0v) is 17.9. The number of benzene rings is 2. The second kappa shape index (κ2) is 8.65. The first-order chi connectivity index (χ1) is 14.1. The molecule has 3 rings (SSSR count). The van der Waals surface area contributed by atoms with Gasteiger partial charge >= 0.3 is 6.01 Å². The molecule has 6 nitrogen and oxygen atoms in total. The Morgan fingerprint density at radius 3 is 2.30 bits per heavy atom. The van der Waals surface area contributed by atoms with Gasteiger partial charge in [0.15, 0.2) is 5.82 Å². The van der Waals surface area contributed by atoms with Crippen LogP contribution in [0.2, 0.25) is 0 Å². The second-order valence-electron chi connectivity index (χ2n) is 8.64. The quantitative estimate of drug-likeness (QED) is 0.604. The van der Waals surface area contributed by atoms with E-state index in [-0.39, 0.29) is 29.3 Å². The first kappa shape index (κ1) is 21.5. The molecule has 0 bridgehead atoms. The molecule has 0 fully saturated rings. The molecule has 30 heavy (non-hydrogen) atoms. The highest BCUT2D eigenvalue weighted by molar-refractivity contribution is 5.91. The van der Waals surface area contributed by atoms with Crippen LogP contribution in [0.1, 0.15) is 41.0 Å². The van der Waals surface area contributed by atoms with Crippen molar-refractivity contribution in [3.05, 3.63) is 54.3 Å². The molecule has 1 N–H and O–H groups in total. The lowest BCUT2D eigenvalue weighted by Crippen LogP contribution is -2.19. The smallest absolute Gasteiger partial charge is 0.336 e. The Morgan fingerprint density at radius 2 is 1.73 bits per heavy atom. The third-order valence-electron chi connectivity index (χ3n) is 4.12. The summed E-state index contributed by atoms with van der Waals surface area (Å²) in [6.07, 6.45) is 0.352. The van der Waals surface area contributed by atoms with E-state index < -0.39 is 0 Å². The number of anilines is 1. The first-order valence-electron chi connectivity index (χ1n) is 9.91. The zero-order chi connectivity index (χ0) is 21.9. The summed E-state index contributed by atoms with van der Waals surface area (Å²) in [4.78, 5) is 16.6. The minimum atomic E-state index is -0.321. The van der Waals surface area contributed by atoms with Gasteiger partial charge in [-0.1, -0.05) is 20.8 Å². The van der Waals surface area contributed by atoms with Crippen LogP contribution in [-0.4, -0.2) is 26.8 Å².